The molecule has 1 saturated carbocycles. The maximum absolute atomic E-state index is 10.0. The Morgan fingerprint density at radius 3 is 1.24 bits per heavy atom. The van der Waals surface area contributed by atoms with Gasteiger partial charge in [-0.2, -0.15) is 0 Å². The van der Waals surface area contributed by atoms with Gasteiger partial charge in [0.25, 0.3) is 0 Å². The summed E-state index contributed by atoms with van der Waals surface area (Å²) in [4.78, 5) is 0. The summed E-state index contributed by atoms with van der Waals surface area (Å²) in [6, 6.07) is 12.4. The van der Waals surface area contributed by atoms with E-state index in [9.17, 15) is 10.2 Å². The summed E-state index contributed by atoms with van der Waals surface area (Å²) >= 11 is 0. The zero-order valence-corrected chi connectivity index (χ0v) is 18.3. The van der Waals surface area contributed by atoms with Crippen LogP contribution in [0.4, 0.5) is 0 Å². The maximum atomic E-state index is 10.0. The molecule has 1 aliphatic carbocycles. The first-order valence-corrected chi connectivity index (χ1v) is 11.7. The Morgan fingerprint density at radius 2 is 0.897 bits per heavy atom. The average molecular weight is 395 g/mol. The number of phenolic OH excluding ortho intramolecular Hbond substituents is 2. The van der Waals surface area contributed by atoms with E-state index in [1.54, 1.807) is 0 Å². The Kier molecular flexibility index (Phi) is 8.03. The lowest BCUT2D eigenvalue weighted by atomic mass is 9.75. The molecule has 0 bridgehead atoms. The highest BCUT2D eigenvalue weighted by molar-refractivity contribution is 5.41. The van der Waals surface area contributed by atoms with Gasteiger partial charge in [-0.3, -0.25) is 0 Å². The van der Waals surface area contributed by atoms with E-state index in [4.69, 9.17) is 0 Å². The number of hydrogen-bond acceptors (Lipinski definition) is 2. The highest BCUT2D eigenvalue weighted by Gasteiger charge is 2.25. The minimum atomic E-state index is 0.385. The summed E-state index contributed by atoms with van der Waals surface area (Å²) in [5.41, 5.74) is 4.63. The van der Waals surface area contributed by atoms with E-state index in [0.717, 1.165) is 11.1 Å². The Morgan fingerprint density at radius 1 is 0.552 bits per heavy atom. The van der Waals surface area contributed by atoms with Crippen molar-refractivity contribution >= 4 is 0 Å². The van der Waals surface area contributed by atoms with Gasteiger partial charge in [-0.05, 0) is 72.9 Å². The van der Waals surface area contributed by atoms with Crippen molar-refractivity contribution in [1.29, 1.82) is 0 Å². The zero-order valence-electron chi connectivity index (χ0n) is 18.3. The van der Waals surface area contributed by atoms with Gasteiger partial charge >= 0.3 is 0 Å². The summed E-state index contributed by atoms with van der Waals surface area (Å²) < 4.78 is 0. The maximum Gasteiger partial charge on any atom is 0.118 e. The Balaban J connectivity index is 1.95. The van der Waals surface area contributed by atoms with Gasteiger partial charge in [0.05, 0.1) is 0 Å². The number of aromatic hydroxyl groups is 2. The van der Waals surface area contributed by atoms with E-state index >= 15 is 0 Å². The Labute approximate surface area is 177 Å². The quantitative estimate of drug-likeness (QED) is 0.543. The second-order valence-corrected chi connectivity index (χ2v) is 9.06. The van der Waals surface area contributed by atoms with Crippen LogP contribution in [0.25, 0.3) is 0 Å². The third-order valence-corrected chi connectivity index (χ3v) is 6.81. The van der Waals surface area contributed by atoms with Crippen LogP contribution in [0.5, 0.6) is 11.5 Å². The standard InChI is InChI=1S/C27H38O2/c1-20-18-22(14-16-26(20)28)24-12-10-8-6-4-3-5-7-9-11-13-25(24)23-15-17-27(29)21(2)19-23/h14-19,24-25,28-29H,3-13H2,1-2H3/t24-,25?/m1/s1. The third kappa shape index (κ3) is 6.01. The minimum absolute atomic E-state index is 0.385. The molecule has 2 atom stereocenters. The van der Waals surface area contributed by atoms with E-state index in [1.165, 1.54) is 81.8 Å². The van der Waals surface area contributed by atoms with Gasteiger partial charge in [0.1, 0.15) is 11.5 Å². The molecule has 29 heavy (non-hydrogen) atoms. The first kappa shape index (κ1) is 21.7. The van der Waals surface area contributed by atoms with Gasteiger partial charge in [0.15, 0.2) is 0 Å². The Hall–Kier alpha value is -1.96. The minimum Gasteiger partial charge on any atom is -0.508 e. The summed E-state index contributed by atoms with van der Waals surface area (Å²) in [7, 11) is 0. The zero-order chi connectivity index (χ0) is 20.6. The smallest absolute Gasteiger partial charge is 0.118 e. The molecular formula is C27H38O2. The molecule has 2 aromatic carbocycles. The lowest BCUT2D eigenvalue weighted by molar-refractivity contribution is 0.436. The molecule has 0 heterocycles. The monoisotopic (exact) mass is 394 g/mol. The van der Waals surface area contributed by atoms with E-state index in [-0.39, 0.29) is 0 Å². The van der Waals surface area contributed by atoms with Gasteiger partial charge in [0.2, 0.25) is 0 Å². The molecule has 3 rings (SSSR count). The lowest BCUT2D eigenvalue weighted by Gasteiger charge is -2.29. The SMILES string of the molecule is Cc1cc(C2CCCCCCCCCCC[C@@H]2c2ccc(O)c(C)c2)ccc1O. The third-order valence-electron chi connectivity index (χ3n) is 6.81. The van der Waals surface area contributed by atoms with Crippen molar-refractivity contribution < 1.29 is 10.2 Å². The van der Waals surface area contributed by atoms with Crippen LogP contribution < -0.4 is 0 Å². The fourth-order valence-electron chi connectivity index (χ4n) is 4.98. The molecule has 0 aromatic heterocycles. The first-order chi connectivity index (χ1) is 14.1. The fourth-order valence-corrected chi connectivity index (χ4v) is 4.98. The predicted octanol–water partition coefficient (Wildman–Crippen LogP) is 7.89. The highest BCUT2D eigenvalue weighted by Crippen LogP contribution is 2.42. The van der Waals surface area contributed by atoms with E-state index in [2.05, 4.69) is 24.3 Å². The van der Waals surface area contributed by atoms with Crippen molar-refractivity contribution in [1.82, 2.24) is 0 Å². The van der Waals surface area contributed by atoms with Gasteiger partial charge in [0, 0.05) is 0 Å². The van der Waals surface area contributed by atoms with Crippen LogP contribution in [0.1, 0.15) is 105 Å². The molecule has 1 fully saturated rings. The van der Waals surface area contributed by atoms with E-state index < -0.39 is 0 Å². The number of benzene rings is 2. The normalized spacial score (nSPS) is 22.3. The topological polar surface area (TPSA) is 40.5 Å². The van der Waals surface area contributed by atoms with Crippen LogP contribution in [-0.2, 0) is 0 Å². The number of aryl methyl sites for hydroxylation is 2. The summed E-state index contributed by atoms with van der Waals surface area (Å²) in [6.45, 7) is 4.00. The van der Waals surface area contributed by atoms with Gasteiger partial charge in [-0.25, -0.2) is 0 Å². The molecule has 0 spiro atoms. The molecule has 0 aliphatic heterocycles. The molecule has 0 amide bonds. The van der Waals surface area contributed by atoms with Crippen molar-refractivity contribution in [2.75, 3.05) is 0 Å². The molecule has 2 nitrogen and oxygen atoms in total. The Bertz CT molecular complexity index is 715. The molecule has 1 unspecified atom stereocenters. The van der Waals surface area contributed by atoms with Crippen LogP contribution >= 0.6 is 0 Å². The van der Waals surface area contributed by atoms with Crippen molar-refractivity contribution in [3.8, 4) is 11.5 Å². The molecule has 158 valence electrons. The summed E-state index contributed by atoms with van der Waals surface area (Å²) in [5.74, 6) is 1.68. The van der Waals surface area contributed by atoms with Crippen LogP contribution in [0.2, 0.25) is 0 Å². The molecule has 1 aliphatic rings. The lowest BCUT2D eigenvalue weighted by Crippen LogP contribution is -2.13. The van der Waals surface area contributed by atoms with Crippen molar-refractivity contribution in [2.45, 2.75) is 96.3 Å². The van der Waals surface area contributed by atoms with Crippen LogP contribution in [0.15, 0.2) is 36.4 Å². The number of phenols is 2. The van der Waals surface area contributed by atoms with Crippen molar-refractivity contribution in [3.05, 3.63) is 58.7 Å². The molecular weight excluding hydrogens is 356 g/mol. The van der Waals surface area contributed by atoms with Crippen molar-refractivity contribution in [3.63, 3.8) is 0 Å². The molecule has 2 N–H and O–H groups in total. The molecule has 0 saturated heterocycles. The number of hydrogen-bond donors (Lipinski definition) is 2. The molecule has 0 radical (unpaired) electrons. The second kappa shape index (κ2) is 10.7. The molecule has 2 heteroatoms. The largest absolute Gasteiger partial charge is 0.508 e. The van der Waals surface area contributed by atoms with Gasteiger partial charge in [-0.15, -0.1) is 0 Å². The van der Waals surface area contributed by atoms with Crippen LogP contribution in [0.3, 0.4) is 0 Å². The molecule has 2 aromatic rings. The summed E-state index contributed by atoms with van der Waals surface area (Å²) in [6.07, 6.45) is 14.4. The van der Waals surface area contributed by atoms with Gasteiger partial charge < -0.3 is 10.2 Å². The predicted molar refractivity (Wildman–Crippen MR) is 122 cm³/mol. The second-order valence-electron chi connectivity index (χ2n) is 9.06. The summed E-state index contributed by atoms with van der Waals surface area (Å²) in [5, 5.41) is 20.1. The van der Waals surface area contributed by atoms with E-state index in [0.29, 0.717) is 23.3 Å². The van der Waals surface area contributed by atoms with Crippen LogP contribution in [0, 0.1) is 13.8 Å². The fraction of sp³-hybridized carbons (Fsp3) is 0.556. The number of rotatable bonds is 2. The van der Waals surface area contributed by atoms with E-state index in [1.807, 2.05) is 26.0 Å². The van der Waals surface area contributed by atoms with Crippen molar-refractivity contribution in [2.24, 2.45) is 0 Å². The highest BCUT2D eigenvalue weighted by atomic mass is 16.3. The first-order valence-electron chi connectivity index (χ1n) is 11.7. The van der Waals surface area contributed by atoms with Gasteiger partial charge in [-0.1, -0.05) is 82.1 Å². The van der Waals surface area contributed by atoms with Crippen LogP contribution in [-0.4, -0.2) is 10.2 Å². The average Bonchev–Trinajstić information content (AvgIpc) is 2.73.